The van der Waals surface area contributed by atoms with Crippen LogP contribution < -0.4 is 10.9 Å². The number of hydrogen-bond donors (Lipinski definition) is 1. The Morgan fingerprint density at radius 3 is 2.75 bits per heavy atom. The minimum atomic E-state index is -0.262. The molecule has 0 spiro atoms. The van der Waals surface area contributed by atoms with Crippen LogP contribution in [-0.2, 0) is 30.7 Å². The van der Waals surface area contributed by atoms with Gasteiger partial charge in [0.15, 0.2) is 5.82 Å². The predicted octanol–water partition coefficient (Wildman–Crippen LogP) is 3.40. The smallest absolute Gasteiger partial charge is 0.278 e. The lowest BCUT2D eigenvalue weighted by Gasteiger charge is -2.09. The van der Waals surface area contributed by atoms with Crippen LogP contribution in [0.3, 0.4) is 0 Å². The van der Waals surface area contributed by atoms with Gasteiger partial charge in [-0.2, -0.15) is 4.98 Å². The molecule has 5 aromatic rings. The predicted molar refractivity (Wildman–Crippen MR) is 137 cm³/mol. The lowest BCUT2D eigenvalue weighted by atomic mass is 10.1. The topological polar surface area (TPSA) is 108 Å². The summed E-state index contributed by atoms with van der Waals surface area (Å²) in [6, 6.07) is 16.1. The third-order valence-corrected chi connectivity index (χ3v) is 6.22. The van der Waals surface area contributed by atoms with Crippen molar-refractivity contribution in [2.75, 3.05) is 6.54 Å². The van der Waals surface area contributed by atoms with E-state index in [1.165, 1.54) is 16.5 Å². The molecule has 0 bridgehead atoms. The summed E-state index contributed by atoms with van der Waals surface area (Å²) in [5.41, 5.74) is 3.78. The van der Waals surface area contributed by atoms with Gasteiger partial charge in [-0.1, -0.05) is 54.0 Å². The summed E-state index contributed by atoms with van der Waals surface area (Å²) < 4.78 is 8.46. The molecule has 0 atom stereocenters. The van der Waals surface area contributed by atoms with Crippen LogP contribution in [0.1, 0.15) is 36.2 Å². The summed E-state index contributed by atoms with van der Waals surface area (Å²) in [6.07, 6.45) is 3.86. The molecule has 0 aliphatic carbocycles. The van der Waals surface area contributed by atoms with E-state index in [4.69, 9.17) is 4.52 Å². The van der Waals surface area contributed by atoms with Crippen LogP contribution in [0.25, 0.3) is 21.9 Å². The van der Waals surface area contributed by atoms with Gasteiger partial charge >= 0.3 is 0 Å². The van der Waals surface area contributed by atoms with Gasteiger partial charge < -0.3 is 14.4 Å². The van der Waals surface area contributed by atoms with E-state index in [1.54, 1.807) is 4.57 Å². The SMILES string of the molecule is CCc1noc(Cn2cnc3c4cc(C)ccc4n(CC(=O)NCCCc4ccccc4)c3c2=O)n1. The number of benzene rings is 2. The van der Waals surface area contributed by atoms with Crippen LogP contribution in [0.15, 0.2) is 64.2 Å². The highest BCUT2D eigenvalue weighted by atomic mass is 16.5. The number of amides is 1. The number of hydrogen-bond acceptors (Lipinski definition) is 6. The molecule has 5 rings (SSSR count). The molecular weight excluding hydrogens is 456 g/mol. The summed E-state index contributed by atoms with van der Waals surface area (Å²) in [5.74, 6) is 0.770. The average Bonchev–Trinajstić information content (AvgIpc) is 3.46. The van der Waals surface area contributed by atoms with E-state index in [0.29, 0.717) is 35.7 Å². The largest absolute Gasteiger partial charge is 0.355 e. The fourth-order valence-electron chi connectivity index (χ4n) is 4.40. The maximum absolute atomic E-state index is 13.6. The molecule has 1 N–H and O–H groups in total. The standard InChI is InChI=1S/C27H28N6O3/c1-3-22-30-24(36-31-22)16-32-17-29-25-20-14-18(2)11-12-21(20)33(26(25)27(32)35)15-23(34)28-13-7-10-19-8-5-4-6-9-19/h4-6,8-9,11-12,14,17H,3,7,10,13,15-16H2,1-2H3,(H,28,34). The molecular formula is C27H28N6O3. The molecule has 0 fully saturated rings. The van der Waals surface area contributed by atoms with Gasteiger partial charge in [0.05, 0.1) is 11.8 Å². The Balaban J connectivity index is 1.42. The molecule has 3 aromatic heterocycles. The number of fused-ring (bicyclic) bond motifs is 3. The second-order valence-corrected chi connectivity index (χ2v) is 8.88. The Labute approximate surface area is 207 Å². The first kappa shape index (κ1) is 23.5. The van der Waals surface area contributed by atoms with Gasteiger partial charge in [-0.3, -0.25) is 14.2 Å². The van der Waals surface area contributed by atoms with E-state index in [0.717, 1.165) is 29.3 Å². The molecule has 2 aromatic carbocycles. The maximum Gasteiger partial charge on any atom is 0.278 e. The third kappa shape index (κ3) is 4.77. The first-order valence-electron chi connectivity index (χ1n) is 12.1. The van der Waals surface area contributed by atoms with Crippen LogP contribution >= 0.6 is 0 Å². The summed E-state index contributed by atoms with van der Waals surface area (Å²) in [6.45, 7) is 4.62. The van der Waals surface area contributed by atoms with Crippen molar-refractivity contribution in [3.05, 3.63) is 88.1 Å². The van der Waals surface area contributed by atoms with Gasteiger partial charge in [-0.15, -0.1) is 0 Å². The number of nitrogens with zero attached hydrogens (tertiary/aromatic N) is 5. The first-order valence-corrected chi connectivity index (χ1v) is 12.1. The molecule has 0 aliphatic heterocycles. The molecule has 9 heteroatoms. The molecule has 184 valence electrons. The highest BCUT2D eigenvalue weighted by Gasteiger charge is 2.19. The molecule has 3 heterocycles. The molecule has 0 aliphatic rings. The average molecular weight is 485 g/mol. The summed E-state index contributed by atoms with van der Waals surface area (Å²) in [7, 11) is 0. The van der Waals surface area contributed by atoms with Crippen LogP contribution in [-0.4, -0.2) is 36.7 Å². The van der Waals surface area contributed by atoms with Crippen molar-refractivity contribution in [2.45, 2.75) is 46.2 Å². The lowest BCUT2D eigenvalue weighted by molar-refractivity contribution is -0.121. The van der Waals surface area contributed by atoms with E-state index < -0.39 is 0 Å². The van der Waals surface area contributed by atoms with E-state index in [1.807, 2.05) is 50.2 Å². The Morgan fingerprint density at radius 1 is 1.14 bits per heavy atom. The Hall–Kier alpha value is -4.27. The number of carbonyl (C=O) groups excluding carboxylic acids is 1. The van der Waals surface area contributed by atoms with Gasteiger partial charge in [-0.05, 0) is 37.5 Å². The summed E-state index contributed by atoms with van der Waals surface area (Å²) in [5, 5.41) is 7.74. The van der Waals surface area contributed by atoms with Crippen LogP contribution in [0.2, 0.25) is 0 Å². The minimum absolute atomic E-state index is 0.0237. The molecule has 0 saturated heterocycles. The van der Waals surface area contributed by atoms with E-state index >= 15 is 0 Å². The number of rotatable bonds is 9. The number of carbonyl (C=O) groups is 1. The summed E-state index contributed by atoms with van der Waals surface area (Å²) in [4.78, 5) is 35.4. The van der Waals surface area contributed by atoms with Gasteiger partial charge in [0.2, 0.25) is 11.8 Å². The van der Waals surface area contributed by atoms with Crippen LogP contribution in [0, 0.1) is 6.92 Å². The third-order valence-electron chi connectivity index (χ3n) is 6.22. The zero-order valence-corrected chi connectivity index (χ0v) is 20.4. The molecule has 1 amide bonds. The van der Waals surface area contributed by atoms with Gasteiger partial charge in [0.25, 0.3) is 5.56 Å². The van der Waals surface area contributed by atoms with Crippen molar-refractivity contribution in [3.8, 4) is 0 Å². The van der Waals surface area contributed by atoms with Crippen LogP contribution in [0.4, 0.5) is 0 Å². The first-order chi connectivity index (χ1) is 17.5. The molecule has 0 saturated carbocycles. The zero-order valence-electron chi connectivity index (χ0n) is 20.4. The zero-order chi connectivity index (χ0) is 25.1. The van der Waals surface area contributed by atoms with Gasteiger partial charge in [-0.25, -0.2) is 4.98 Å². The van der Waals surface area contributed by atoms with Crippen molar-refractivity contribution in [2.24, 2.45) is 0 Å². The number of aromatic nitrogens is 5. The van der Waals surface area contributed by atoms with Crippen LogP contribution in [0.5, 0.6) is 0 Å². The highest BCUT2D eigenvalue weighted by Crippen LogP contribution is 2.26. The van der Waals surface area contributed by atoms with Crippen molar-refractivity contribution in [3.63, 3.8) is 0 Å². The van der Waals surface area contributed by atoms with E-state index in [9.17, 15) is 9.59 Å². The quantitative estimate of drug-likeness (QED) is 0.321. The van der Waals surface area contributed by atoms with Crippen molar-refractivity contribution in [1.29, 1.82) is 0 Å². The fourth-order valence-corrected chi connectivity index (χ4v) is 4.40. The lowest BCUT2D eigenvalue weighted by Crippen LogP contribution is -2.30. The molecule has 36 heavy (non-hydrogen) atoms. The monoisotopic (exact) mass is 484 g/mol. The summed E-state index contributed by atoms with van der Waals surface area (Å²) >= 11 is 0. The number of nitrogens with one attached hydrogen (secondary N) is 1. The van der Waals surface area contributed by atoms with Crippen molar-refractivity contribution in [1.82, 2.24) is 29.6 Å². The Kier molecular flexibility index (Phi) is 6.62. The van der Waals surface area contributed by atoms with Crippen molar-refractivity contribution >= 4 is 27.8 Å². The molecule has 0 radical (unpaired) electrons. The normalized spacial score (nSPS) is 11.4. The Bertz CT molecular complexity index is 1580. The second-order valence-electron chi connectivity index (χ2n) is 8.88. The second kappa shape index (κ2) is 10.2. The van der Waals surface area contributed by atoms with Gasteiger partial charge in [0.1, 0.15) is 24.1 Å². The van der Waals surface area contributed by atoms with Gasteiger partial charge in [0, 0.05) is 18.4 Å². The van der Waals surface area contributed by atoms with E-state index in [2.05, 4.69) is 32.6 Å². The fraction of sp³-hybridized carbons (Fsp3) is 0.296. The molecule has 9 nitrogen and oxygen atoms in total. The Morgan fingerprint density at radius 2 is 1.97 bits per heavy atom. The molecule has 0 unspecified atom stereocenters. The minimum Gasteiger partial charge on any atom is -0.355 e. The van der Waals surface area contributed by atoms with E-state index in [-0.39, 0.29) is 24.6 Å². The number of aryl methyl sites for hydroxylation is 3. The maximum atomic E-state index is 13.6. The highest BCUT2D eigenvalue weighted by molar-refractivity contribution is 6.06. The van der Waals surface area contributed by atoms with Crippen molar-refractivity contribution < 1.29 is 9.32 Å².